The molecule has 0 saturated heterocycles. The maximum absolute atomic E-state index is 6.76. The largest absolute Gasteiger partial charge is 0.455 e. The number of hydrogen-bond acceptors (Lipinski definition) is 5. The third kappa shape index (κ3) is 4.23. The lowest BCUT2D eigenvalue weighted by Gasteiger charge is -2.24. The number of benzene rings is 7. The number of amidine groups is 1. The maximum Gasteiger partial charge on any atom is 0.234 e. The Morgan fingerprint density at radius 1 is 0.490 bits per heavy atom. The topological polar surface area (TPSA) is 68.0 Å². The molecule has 0 bridgehead atoms. The van der Waals surface area contributed by atoms with Crippen molar-refractivity contribution < 1.29 is 8.83 Å². The van der Waals surface area contributed by atoms with Crippen molar-refractivity contribution in [1.29, 1.82) is 0 Å². The molecule has 0 radical (unpaired) electrons. The highest BCUT2D eigenvalue weighted by Crippen LogP contribution is 2.41. The van der Waals surface area contributed by atoms with Crippen molar-refractivity contribution in [3.8, 4) is 11.1 Å². The number of para-hydroxylation sites is 5. The summed E-state index contributed by atoms with van der Waals surface area (Å²) >= 11 is 0. The van der Waals surface area contributed by atoms with Crippen molar-refractivity contribution in [3.63, 3.8) is 0 Å². The molecule has 0 amide bonds. The molecular formula is C45H28N4O2. The fraction of sp³-hybridized carbons (Fsp3) is 0.0222. The molecule has 1 N–H and O–H groups in total. The van der Waals surface area contributed by atoms with Gasteiger partial charge in [0.1, 0.15) is 34.3 Å². The Hall–Kier alpha value is -6.92. The van der Waals surface area contributed by atoms with Gasteiger partial charge in [0.25, 0.3) is 0 Å². The zero-order valence-corrected chi connectivity index (χ0v) is 27.2. The fourth-order valence-corrected chi connectivity index (χ4v) is 7.74. The summed E-state index contributed by atoms with van der Waals surface area (Å²) in [5, 5.41) is 10.3. The number of furan rings is 2. The van der Waals surface area contributed by atoms with Crippen LogP contribution < -0.4 is 5.32 Å². The summed E-state index contributed by atoms with van der Waals surface area (Å²) in [7, 11) is 0. The Kier molecular flexibility index (Phi) is 5.92. The summed E-state index contributed by atoms with van der Waals surface area (Å²) in [4.78, 5) is 10.4. The molecule has 10 aromatic rings. The quantitative estimate of drug-likeness (QED) is 0.206. The van der Waals surface area contributed by atoms with Crippen molar-refractivity contribution in [1.82, 2.24) is 9.88 Å². The Morgan fingerprint density at radius 3 is 1.76 bits per heavy atom. The van der Waals surface area contributed by atoms with Gasteiger partial charge in [-0.3, -0.25) is 4.57 Å². The molecule has 1 unspecified atom stereocenters. The Labute approximate surface area is 291 Å². The lowest BCUT2D eigenvalue weighted by molar-refractivity contribution is 0.663. The van der Waals surface area contributed by atoms with Crippen LogP contribution in [0.1, 0.15) is 17.3 Å². The second-order valence-corrected chi connectivity index (χ2v) is 13.0. The molecule has 7 aromatic carbocycles. The molecule has 6 nitrogen and oxygen atoms in total. The van der Waals surface area contributed by atoms with Crippen LogP contribution in [-0.4, -0.2) is 16.4 Å². The molecule has 1 aliphatic heterocycles. The van der Waals surface area contributed by atoms with E-state index < -0.39 is 0 Å². The van der Waals surface area contributed by atoms with Crippen molar-refractivity contribution in [3.05, 3.63) is 169 Å². The summed E-state index contributed by atoms with van der Waals surface area (Å²) in [6, 6.07) is 54.4. The molecule has 1 atom stereocenters. The van der Waals surface area contributed by atoms with Crippen molar-refractivity contribution in [2.45, 2.75) is 6.17 Å². The third-order valence-electron chi connectivity index (χ3n) is 10.1. The predicted molar refractivity (Wildman–Crippen MR) is 208 cm³/mol. The first-order valence-electron chi connectivity index (χ1n) is 17.1. The normalized spacial score (nSPS) is 14.9. The second kappa shape index (κ2) is 10.8. The van der Waals surface area contributed by atoms with E-state index in [9.17, 15) is 0 Å². The first-order chi connectivity index (χ1) is 25.3. The van der Waals surface area contributed by atoms with Gasteiger partial charge in [0.05, 0.1) is 11.0 Å². The Bertz CT molecular complexity index is 3020. The summed E-state index contributed by atoms with van der Waals surface area (Å²) in [6.45, 7) is 0. The van der Waals surface area contributed by atoms with Gasteiger partial charge >= 0.3 is 0 Å². The molecule has 1 aliphatic rings. The van der Waals surface area contributed by atoms with Gasteiger partial charge in [0, 0.05) is 49.0 Å². The van der Waals surface area contributed by atoms with Crippen LogP contribution in [0.15, 0.2) is 177 Å². The van der Waals surface area contributed by atoms with E-state index >= 15 is 0 Å². The van der Waals surface area contributed by atoms with Gasteiger partial charge in [-0.15, -0.1) is 0 Å². The number of rotatable bonds is 3. The van der Waals surface area contributed by atoms with Crippen LogP contribution in [0.25, 0.3) is 76.8 Å². The Morgan fingerprint density at radius 2 is 1.06 bits per heavy atom. The zero-order chi connectivity index (χ0) is 33.5. The van der Waals surface area contributed by atoms with Crippen LogP contribution >= 0.6 is 0 Å². The smallest absolute Gasteiger partial charge is 0.234 e. The minimum Gasteiger partial charge on any atom is -0.455 e. The van der Waals surface area contributed by atoms with Crippen molar-refractivity contribution >= 4 is 77.5 Å². The lowest BCUT2D eigenvalue weighted by atomic mass is 10.00. The first kappa shape index (κ1) is 28.0. The van der Waals surface area contributed by atoms with Crippen LogP contribution in [0.4, 0.5) is 0 Å². The van der Waals surface area contributed by atoms with Crippen LogP contribution in [0, 0.1) is 0 Å². The number of aliphatic imine (C=N–C) groups is 2. The van der Waals surface area contributed by atoms with E-state index in [1.54, 1.807) is 0 Å². The van der Waals surface area contributed by atoms with Crippen molar-refractivity contribution in [2.75, 3.05) is 0 Å². The molecule has 4 heterocycles. The van der Waals surface area contributed by atoms with E-state index in [0.717, 1.165) is 83.0 Å². The number of aromatic nitrogens is 1. The van der Waals surface area contributed by atoms with Crippen LogP contribution in [0.5, 0.6) is 0 Å². The van der Waals surface area contributed by atoms with Crippen LogP contribution in [0.3, 0.4) is 0 Å². The fourth-order valence-electron chi connectivity index (χ4n) is 7.74. The average molecular weight is 657 g/mol. The Balaban J connectivity index is 1.08. The monoisotopic (exact) mass is 656 g/mol. The SMILES string of the molecule is c1ccc(C2N=C(n3c4ccccc4c4ccccc43)N=C(c3ccc4c(c3)oc3c(-c5cccc6c5oc5ccccc56)cccc34)N2)cc1. The predicted octanol–water partition coefficient (Wildman–Crippen LogP) is 11.2. The van der Waals surface area contributed by atoms with Crippen LogP contribution in [-0.2, 0) is 0 Å². The van der Waals surface area contributed by atoms with E-state index in [2.05, 4.69) is 131 Å². The number of fused-ring (bicyclic) bond motifs is 9. The highest BCUT2D eigenvalue weighted by atomic mass is 16.3. The van der Waals surface area contributed by atoms with Gasteiger partial charge in [0.2, 0.25) is 5.96 Å². The van der Waals surface area contributed by atoms with E-state index in [-0.39, 0.29) is 6.17 Å². The number of hydrogen-bond donors (Lipinski definition) is 1. The molecule has 11 rings (SSSR count). The lowest BCUT2D eigenvalue weighted by Crippen LogP contribution is -2.35. The van der Waals surface area contributed by atoms with E-state index in [0.29, 0.717) is 5.96 Å². The number of nitrogens with zero attached hydrogens (tertiary/aromatic N) is 3. The molecule has 51 heavy (non-hydrogen) atoms. The van der Waals surface area contributed by atoms with Gasteiger partial charge in [-0.25, -0.2) is 4.99 Å². The minimum absolute atomic E-state index is 0.337. The number of nitrogens with one attached hydrogen (secondary N) is 1. The van der Waals surface area contributed by atoms with Gasteiger partial charge in [-0.2, -0.15) is 4.99 Å². The van der Waals surface area contributed by atoms with Gasteiger partial charge in [-0.05, 0) is 35.9 Å². The van der Waals surface area contributed by atoms with Crippen molar-refractivity contribution in [2.24, 2.45) is 9.98 Å². The highest BCUT2D eigenvalue weighted by Gasteiger charge is 2.25. The molecule has 3 aromatic heterocycles. The van der Waals surface area contributed by atoms with E-state index in [4.69, 9.17) is 18.8 Å². The molecule has 0 saturated carbocycles. The van der Waals surface area contributed by atoms with Crippen LogP contribution in [0.2, 0.25) is 0 Å². The molecule has 6 heteroatoms. The summed E-state index contributed by atoms with van der Waals surface area (Å²) in [5.74, 6) is 1.35. The maximum atomic E-state index is 6.76. The minimum atomic E-state index is -0.337. The first-order valence-corrected chi connectivity index (χ1v) is 17.1. The second-order valence-electron chi connectivity index (χ2n) is 13.0. The van der Waals surface area contributed by atoms with Gasteiger partial charge in [-0.1, -0.05) is 127 Å². The molecule has 240 valence electrons. The van der Waals surface area contributed by atoms with E-state index in [1.165, 1.54) is 10.8 Å². The molecular weight excluding hydrogens is 629 g/mol. The summed E-state index contributed by atoms with van der Waals surface area (Å²) < 4.78 is 15.4. The molecule has 0 spiro atoms. The molecule has 0 aliphatic carbocycles. The summed E-state index contributed by atoms with van der Waals surface area (Å²) in [6.07, 6.45) is -0.337. The average Bonchev–Trinajstić information content (AvgIpc) is 3.87. The zero-order valence-electron chi connectivity index (χ0n) is 27.2. The van der Waals surface area contributed by atoms with E-state index in [1.807, 2.05) is 36.4 Å². The van der Waals surface area contributed by atoms with Gasteiger partial charge < -0.3 is 14.2 Å². The molecule has 0 fully saturated rings. The standard InChI is InChI=1S/C45H28N4O2/c1-2-12-27(13-3-1)43-46-44(48-45(47-43)49-37-21-7-4-14-29(37)30-15-5-8-22-38(30)49)28-24-25-32-34-18-11-20-36(42(34)51-40(32)26-28)35-19-10-17-33-31-16-6-9-23-39(31)50-41(33)35/h1-26,43H,(H,46,47,48). The van der Waals surface area contributed by atoms with Gasteiger partial charge in [0.15, 0.2) is 0 Å². The third-order valence-corrected chi connectivity index (χ3v) is 10.1. The summed E-state index contributed by atoms with van der Waals surface area (Å²) in [5.41, 5.74) is 9.44. The highest BCUT2D eigenvalue weighted by molar-refractivity contribution is 6.19.